The summed E-state index contributed by atoms with van der Waals surface area (Å²) >= 11 is 6.16. The van der Waals surface area contributed by atoms with Gasteiger partial charge in [0.05, 0.1) is 17.3 Å². The van der Waals surface area contributed by atoms with E-state index in [0.717, 1.165) is 36.9 Å². The van der Waals surface area contributed by atoms with Gasteiger partial charge in [-0.3, -0.25) is 9.78 Å². The molecule has 0 fully saturated rings. The molecule has 0 saturated heterocycles. The van der Waals surface area contributed by atoms with E-state index >= 15 is 0 Å². The van der Waals surface area contributed by atoms with E-state index in [1.165, 1.54) is 5.56 Å². The third-order valence-corrected chi connectivity index (χ3v) is 4.43. The maximum absolute atomic E-state index is 11.4. The first-order valence-corrected chi connectivity index (χ1v) is 9.57. The Morgan fingerprint density at radius 1 is 1.44 bits per heavy atom. The topological polar surface area (TPSA) is 63.2 Å². The fourth-order valence-electron chi connectivity index (χ4n) is 3.12. The number of nitrogens with zero attached hydrogens (tertiary/aromatic N) is 1. The van der Waals surface area contributed by atoms with Crippen LogP contribution in [0.15, 0.2) is 35.9 Å². The smallest absolute Gasteiger partial charge is 0.168 e. The molecule has 1 aromatic rings. The lowest BCUT2D eigenvalue weighted by Gasteiger charge is -2.27. The Bertz CT molecular complexity index is 684. The van der Waals surface area contributed by atoms with Crippen LogP contribution >= 0.6 is 11.6 Å². The van der Waals surface area contributed by atoms with E-state index in [0.29, 0.717) is 29.4 Å². The largest absolute Gasteiger partial charge is 0.388 e. The molecule has 1 aromatic heterocycles. The van der Waals surface area contributed by atoms with Crippen molar-refractivity contribution in [3.05, 3.63) is 52.2 Å². The predicted octanol–water partition coefficient (Wildman–Crippen LogP) is 4.03. The summed E-state index contributed by atoms with van der Waals surface area (Å²) in [6.45, 7) is 10.9. The number of ether oxygens (including phenoxy) is 1. The molecule has 0 radical (unpaired) electrons. The summed E-state index contributed by atoms with van der Waals surface area (Å²) in [7, 11) is 3.35. The van der Waals surface area contributed by atoms with Crippen molar-refractivity contribution >= 4 is 17.9 Å². The van der Waals surface area contributed by atoms with E-state index in [9.17, 15) is 4.79 Å². The minimum absolute atomic E-state index is 0.0754. The van der Waals surface area contributed by atoms with Crippen LogP contribution in [0.3, 0.4) is 0 Å². The van der Waals surface area contributed by atoms with Crippen molar-refractivity contribution < 1.29 is 9.53 Å². The van der Waals surface area contributed by atoms with Crippen molar-refractivity contribution in [1.29, 1.82) is 0 Å². The number of aryl methyl sites for hydroxylation is 1. The van der Waals surface area contributed by atoms with E-state index in [4.69, 9.17) is 16.3 Å². The minimum atomic E-state index is -0.0754. The van der Waals surface area contributed by atoms with Crippen LogP contribution in [0.2, 0.25) is 5.02 Å². The minimum Gasteiger partial charge on any atom is -0.388 e. The molecule has 0 spiro atoms. The second-order valence-electron chi connectivity index (χ2n) is 7.45. The van der Waals surface area contributed by atoms with Crippen molar-refractivity contribution in [1.82, 2.24) is 15.6 Å². The SMILES string of the molecule is C=C(CC(C)(C)Cc1cc(Cl)cnc1CCC)N/C(C=O)=C(\COC)NC. The highest BCUT2D eigenvalue weighted by atomic mass is 35.5. The van der Waals surface area contributed by atoms with Crippen LogP contribution in [0.4, 0.5) is 0 Å². The molecule has 1 heterocycles. The second-order valence-corrected chi connectivity index (χ2v) is 7.89. The Labute approximate surface area is 168 Å². The predicted molar refractivity (Wildman–Crippen MR) is 112 cm³/mol. The number of aldehydes is 1. The highest BCUT2D eigenvalue weighted by Crippen LogP contribution is 2.31. The molecule has 0 aliphatic carbocycles. The van der Waals surface area contributed by atoms with Gasteiger partial charge in [0.15, 0.2) is 6.29 Å². The third kappa shape index (κ3) is 7.73. The quantitative estimate of drug-likeness (QED) is 0.414. The lowest BCUT2D eigenvalue weighted by Crippen LogP contribution is -2.26. The van der Waals surface area contributed by atoms with Gasteiger partial charge < -0.3 is 15.4 Å². The second kappa shape index (κ2) is 11.1. The zero-order valence-corrected chi connectivity index (χ0v) is 17.9. The summed E-state index contributed by atoms with van der Waals surface area (Å²) in [5.41, 5.74) is 4.10. The van der Waals surface area contributed by atoms with E-state index in [1.807, 2.05) is 6.07 Å². The molecule has 0 unspecified atom stereocenters. The molecular weight excluding hydrogens is 362 g/mol. The van der Waals surface area contributed by atoms with Crippen LogP contribution in [-0.4, -0.2) is 32.0 Å². The van der Waals surface area contributed by atoms with Crippen molar-refractivity contribution in [3.8, 4) is 0 Å². The summed E-state index contributed by atoms with van der Waals surface area (Å²) in [5.74, 6) is 0. The van der Waals surface area contributed by atoms with Crippen molar-refractivity contribution in [2.75, 3.05) is 20.8 Å². The molecular formula is C21H32ClN3O2. The van der Waals surface area contributed by atoms with Gasteiger partial charge in [0, 0.05) is 31.7 Å². The Morgan fingerprint density at radius 3 is 2.70 bits per heavy atom. The highest BCUT2D eigenvalue weighted by Gasteiger charge is 2.22. The molecule has 2 N–H and O–H groups in total. The Morgan fingerprint density at radius 2 is 2.15 bits per heavy atom. The number of hydrogen-bond donors (Lipinski definition) is 2. The monoisotopic (exact) mass is 393 g/mol. The van der Waals surface area contributed by atoms with Gasteiger partial charge >= 0.3 is 0 Å². The normalized spacial score (nSPS) is 12.4. The van der Waals surface area contributed by atoms with Crippen LogP contribution < -0.4 is 10.6 Å². The number of carbonyl (C=O) groups is 1. The third-order valence-electron chi connectivity index (χ3n) is 4.22. The first kappa shape index (κ1) is 23.2. The average Bonchev–Trinajstić information content (AvgIpc) is 2.59. The number of methoxy groups -OCH3 is 1. The number of pyridine rings is 1. The van der Waals surface area contributed by atoms with Crippen LogP contribution in [0.5, 0.6) is 0 Å². The Hall–Kier alpha value is -1.85. The van der Waals surface area contributed by atoms with Gasteiger partial charge in [0.1, 0.15) is 5.70 Å². The zero-order chi connectivity index (χ0) is 20.4. The van der Waals surface area contributed by atoms with Crippen molar-refractivity contribution in [3.63, 3.8) is 0 Å². The standard InChI is InChI=1S/C21H32ClN3O2/c1-7-8-18-16(9-17(22)12-24-18)11-21(3,4)10-15(2)25-19(13-26)20(23-5)14-27-6/h9,12-13,23,25H,2,7-8,10-11,14H2,1,3-6H3/b20-19+. The fourth-order valence-corrected chi connectivity index (χ4v) is 3.30. The first-order valence-electron chi connectivity index (χ1n) is 9.19. The van der Waals surface area contributed by atoms with Crippen LogP contribution in [-0.2, 0) is 22.4 Å². The summed E-state index contributed by atoms with van der Waals surface area (Å²) in [4.78, 5) is 15.9. The summed E-state index contributed by atoms with van der Waals surface area (Å²) in [6, 6.07) is 2.01. The number of nitrogens with one attached hydrogen (secondary N) is 2. The lowest BCUT2D eigenvalue weighted by molar-refractivity contribution is -0.105. The average molecular weight is 394 g/mol. The molecule has 6 heteroatoms. The lowest BCUT2D eigenvalue weighted by atomic mass is 9.81. The first-order chi connectivity index (χ1) is 12.8. The highest BCUT2D eigenvalue weighted by molar-refractivity contribution is 6.30. The number of rotatable bonds is 12. The number of halogens is 1. The van der Waals surface area contributed by atoms with Crippen LogP contribution in [0.1, 0.15) is 44.9 Å². The van der Waals surface area contributed by atoms with Crippen molar-refractivity contribution in [2.45, 2.75) is 46.5 Å². The van der Waals surface area contributed by atoms with Crippen LogP contribution in [0.25, 0.3) is 0 Å². The van der Waals surface area contributed by atoms with E-state index < -0.39 is 0 Å². The number of carbonyl (C=O) groups excluding carboxylic acids is 1. The molecule has 150 valence electrons. The van der Waals surface area contributed by atoms with E-state index in [2.05, 4.69) is 43.0 Å². The maximum Gasteiger partial charge on any atom is 0.168 e. The molecule has 0 amide bonds. The molecule has 5 nitrogen and oxygen atoms in total. The maximum atomic E-state index is 11.4. The zero-order valence-electron chi connectivity index (χ0n) is 17.1. The van der Waals surface area contributed by atoms with Gasteiger partial charge in [-0.15, -0.1) is 0 Å². The Balaban J connectivity index is 2.89. The van der Waals surface area contributed by atoms with Gasteiger partial charge in [-0.1, -0.05) is 45.4 Å². The van der Waals surface area contributed by atoms with Gasteiger partial charge in [0.2, 0.25) is 0 Å². The van der Waals surface area contributed by atoms with E-state index in [-0.39, 0.29) is 5.41 Å². The summed E-state index contributed by atoms with van der Waals surface area (Å²) in [6.07, 6.45) is 5.99. The number of allylic oxidation sites excluding steroid dienone is 2. The fraction of sp³-hybridized carbons (Fsp3) is 0.524. The molecule has 0 atom stereocenters. The summed E-state index contributed by atoms with van der Waals surface area (Å²) in [5, 5.41) is 6.77. The molecule has 0 aliphatic rings. The molecule has 0 saturated carbocycles. The van der Waals surface area contributed by atoms with Gasteiger partial charge in [-0.2, -0.15) is 0 Å². The molecule has 0 aromatic carbocycles. The molecule has 0 aliphatic heterocycles. The van der Waals surface area contributed by atoms with E-state index in [1.54, 1.807) is 20.4 Å². The molecule has 1 rings (SSSR count). The molecule has 0 bridgehead atoms. The van der Waals surface area contributed by atoms with Crippen molar-refractivity contribution in [2.24, 2.45) is 5.41 Å². The summed E-state index contributed by atoms with van der Waals surface area (Å²) < 4.78 is 5.12. The molecule has 27 heavy (non-hydrogen) atoms. The number of likely N-dealkylation sites (N-methyl/N-ethyl adjacent to an activating group) is 1. The van der Waals surface area contributed by atoms with Gasteiger partial charge in [-0.25, -0.2) is 0 Å². The van der Waals surface area contributed by atoms with Gasteiger partial charge in [-0.05, 0) is 36.3 Å². The number of aromatic nitrogens is 1. The number of hydrogen-bond acceptors (Lipinski definition) is 5. The van der Waals surface area contributed by atoms with Crippen LogP contribution in [0, 0.1) is 5.41 Å². The Kier molecular flexibility index (Phi) is 9.53. The van der Waals surface area contributed by atoms with Gasteiger partial charge in [0.25, 0.3) is 0 Å².